The lowest BCUT2D eigenvalue weighted by atomic mass is 10.1. The van der Waals surface area contributed by atoms with Crippen molar-refractivity contribution in [3.8, 4) is 0 Å². The van der Waals surface area contributed by atoms with Crippen LogP contribution in [0.25, 0.3) is 0 Å². The molecule has 2 aromatic rings. The highest BCUT2D eigenvalue weighted by Gasteiger charge is 2.39. The van der Waals surface area contributed by atoms with Crippen LogP contribution in [0.4, 0.5) is 10.1 Å². The second-order valence-corrected chi connectivity index (χ2v) is 8.57. The summed E-state index contributed by atoms with van der Waals surface area (Å²) >= 11 is 0. The summed E-state index contributed by atoms with van der Waals surface area (Å²) in [5.74, 6) is -0.835. The van der Waals surface area contributed by atoms with Crippen LogP contribution in [0, 0.1) is 12.7 Å². The van der Waals surface area contributed by atoms with Gasteiger partial charge in [0.15, 0.2) is 0 Å². The van der Waals surface area contributed by atoms with Crippen molar-refractivity contribution in [3.63, 3.8) is 0 Å². The number of para-hydroxylation sites is 1. The molecule has 1 fully saturated rings. The molecular weight excluding hydrogens is 367 g/mol. The molecular formula is C20H23FN2O3S. The van der Waals surface area contributed by atoms with Crippen LogP contribution in [0.1, 0.15) is 30.9 Å². The van der Waals surface area contributed by atoms with Crippen LogP contribution in [0.15, 0.2) is 47.4 Å². The van der Waals surface area contributed by atoms with Gasteiger partial charge in [-0.15, -0.1) is 0 Å². The Morgan fingerprint density at radius 3 is 2.59 bits per heavy atom. The van der Waals surface area contributed by atoms with Gasteiger partial charge in [-0.3, -0.25) is 4.79 Å². The van der Waals surface area contributed by atoms with Crippen LogP contribution in [0.3, 0.4) is 0 Å². The Morgan fingerprint density at radius 1 is 1.22 bits per heavy atom. The molecule has 144 valence electrons. The van der Waals surface area contributed by atoms with Crippen molar-refractivity contribution in [2.45, 2.75) is 44.0 Å². The Morgan fingerprint density at radius 2 is 1.93 bits per heavy atom. The number of sulfonamides is 1. The van der Waals surface area contributed by atoms with Crippen molar-refractivity contribution in [2.24, 2.45) is 0 Å². The van der Waals surface area contributed by atoms with Gasteiger partial charge in [0.05, 0.1) is 4.90 Å². The van der Waals surface area contributed by atoms with Crippen LogP contribution in [0.2, 0.25) is 0 Å². The fourth-order valence-electron chi connectivity index (χ4n) is 3.44. The standard InChI is InChI=1S/C20H23FN2O3S/c1-3-15-7-4-6-14(2)19(15)22-20(24)18-8-5-13-23(18)27(25,26)17-11-9-16(21)10-12-17/h4,6-7,9-12,18H,3,5,8,13H2,1-2H3,(H,22,24)/t18-/m0/s1. The van der Waals surface area contributed by atoms with Gasteiger partial charge in [-0.1, -0.05) is 25.1 Å². The van der Waals surface area contributed by atoms with E-state index in [1.165, 1.54) is 16.4 Å². The lowest BCUT2D eigenvalue weighted by molar-refractivity contribution is -0.119. The number of anilines is 1. The minimum Gasteiger partial charge on any atom is -0.324 e. The van der Waals surface area contributed by atoms with Gasteiger partial charge in [0, 0.05) is 12.2 Å². The summed E-state index contributed by atoms with van der Waals surface area (Å²) in [7, 11) is -3.86. The predicted molar refractivity (Wildman–Crippen MR) is 103 cm³/mol. The Bertz CT molecular complexity index is 942. The second kappa shape index (κ2) is 7.78. The average Bonchev–Trinajstić information content (AvgIpc) is 3.14. The first-order chi connectivity index (χ1) is 12.8. The molecule has 1 saturated heterocycles. The van der Waals surface area contributed by atoms with E-state index < -0.39 is 21.9 Å². The van der Waals surface area contributed by atoms with Crippen molar-refractivity contribution < 1.29 is 17.6 Å². The number of benzene rings is 2. The molecule has 1 aliphatic rings. The highest BCUT2D eigenvalue weighted by molar-refractivity contribution is 7.89. The molecule has 0 radical (unpaired) electrons. The number of nitrogens with one attached hydrogen (secondary N) is 1. The van der Waals surface area contributed by atoms with Gasteiger partial charge in [-0.05, 0) is 61.6 Å². The zero-order valence-electron chi connectivity index (χ0n) is 15.4. The molecule has 0 unspecified atom stereocenters. The van der Waals surface area contributed by atoms with Crippen LogP contribution in [-0.2, 0) is 21.2 Å². The number of aryl methyl sites for hydroxylation is 2. The Hall–Kier alpha value is -2.25. The van der Waals surface area contributed by atoms with Gasteiger partial charge in [0.2, 0.25) is 15.9 Å². The van der Waals surface area contributed by atoms with Gasteiger partial charge >= 0.3 is 0 Å². The van der Waals surface area contributed by atoms with Crippen molar-refractivity contribution in [2.75, 3.05) is 11.9 Å². The zero-order valence-corrected chi connectivity index (χ0v) is 16.2. The highest BCUT2D eigenvalue weighted by atomic mass is 32.2. The first-order valence-corrected chi connectivity index (χ1v) is 10.5. The second-order valence-electron chi connectivity index (χ2n) is 6.68. The topological polar surface area (TPSA) is 66.5 Å². The third-order valence-electron chi connectivity index (χ3n) is 4.91. The van der Waals surface area contributed by atoms with Crippen molar-refractivity contribution in [3.05, 3.63) is 59.4 Å². The Balaban J connectivity index is 1.86. The summed E-state index contributed by atoms with van der Waals surface area (Å²) < 4.78 is 40.2. The summed E-state index contributed by atoms with van der Waals surface area (Å²) in [6.45, 7) is 4.19. The van der Waals surface area contributed by atoms with E-state index in [0.717, 1.165) is 35.4 Å². The maximum Gasteiger partial charge on any atom is 0.243 e. The van der Waals surface area contributed by atoms with Crippen LogP contribution in [0.5, 0.6) is 0 Å². The van der Waals surface area contributed by atoms with E-state index in [1.807, 2.05) is 32.0 Å². The third-order valence-corrected chi connectivity index (χ3v) is 6.84. The first-order valence-electron chi connectivity index (χ1n) is 9.01. The smallest absolute Gasteiger partial charge is 0.243 e. The highest BCUT2D eigenvalue weighted by Crippen LogP contribution is 2.28. The van der Waals surface area contributed by atoms with E-state index in [2.05, 4.69) is 5.32 Å². The molecule has 27 heavy (non-hydrogen) atoms. The Labute approximate surface area is 159 Å². The van der Waals surface area contributed by atoms with E-state index in [9.17, 15) is 17.6 Å². The normalized spacial score (nSPS) is 17.8. The van der Waals surface area contributed by atoms with Gasteiger partial charge in [0.25, 0.3) is 0 Å². The number of carbonyl (C=O) groups excluding carboxylic acids is 1. The molecule has 0 aromatic heterocycles. The van der Waals surface area contributed by atoms with Crippen LogP contribution in [-0.4, -0.2) is 31.2 Å². The van der Waals surface area contributed by atoms with E-state index in [0.29, 0.717) is 12.8 Å². The molecule has 1 aliphatic heterocycles. The largest absolute Gasteiger partial charge is 0.324 e. The molecule has 1 atom stereocenters. The van der Waals surface area contributed by atoms with Gasteiger partial charge in [-0.2, -0.15) is 4.31 Å². The van der Waals surface area contributed by atoms with Crippen molar-refractivity contribution >= 4 is 21.6 Å². The molecule has 0 bridgehead atoms. The molecule has 1 N–H and O–H groups in total. The van der Waals surface area contributed by atoms with E-state index >= 15 is 0 Å². The number of rotatable bonds is 5. The lowest BCUT2D eigenvalue weighted by Gasteiger charge is -2.24. The summed E-state index contributed by atoms with van der Waals surface area (Å²) in [4.78, 5) is 12.9. The minimum atomic E-state index is -3.86. The number of carbonyl (C=O) groups is 1. The van der Waals surface area contributed by atoms with Crippen molar-refractivity contribution in [1.82, 2.24) is 4.31 Å². The maximum atomic E-state index is 13.1. The molecule has 1 heterocycles. The third kappa shape index (κ3) is 3.89. The number of halogens is 1. The Kier molecular flexibility index (Phi) is 5.62. The molecule has 0 spiro atoms. The van der Waals surface area contributed by atoms with Crippen LogP contribution >= 0.6 is 0 Å². The first kappa shape index (κ1) is 19.5. The van der Waals surface area contributed by atoms with Gasteiger partial charge < -0.3 is 5.32 Å². The minimum absolute atomic E-state index is 0.00580. The molecule has 3 rings (SSSR count). The molecule has 1 amide bonds. The zero-order chi connectivity index (χ0) is 19.6. The fraction of sp³-hybridized carbons (Fsp3) is 0.350. The monoisotopic (exact) mass is 390 g/mol. The van der Waals surface area contributed by atoms with Gasteiger partial charge in [0.1, 0.15) is 11.9 Å². The molecule has 7 heteroatoms. The molecule has 0 saturated carbocycles. The SMILES string of the molecule is CCc1cccc(C)c1NC(=O)[C@@H]1CCCN1S(=O)(=O)c1ccc(F)cc1. The average molecular weight is 390 g/mol. The van der Waals surface area contributed by atoms with E-state index in [4.69, 9.17) is 0 Å². The fourth-order valence-corrected chi connectivity index (χ4v) is 5.10. The summed E-state index contributed by atoms with van der Waals surface area (Å²) in [6, 6.07) is 9.70. The number of nitrogens with zero attached hydrogens (tertiary/aromatic N) is 1. The number of hydrogen-bond donors (Lipinski definition) is 1. The van der Waals surface area contributed by atoms with Crippen LogP contribution < -0.4 is 5.32 Å². The predicted octanol–water partition coefficient (Wildman–Crippen LogP) is 3.49. The number of hydrogen-bond acceptors (Lipinski definition) is 3. The lowest BCUT2D eigenvalue weighted by Crippen LogP contribution is -2.43. The van der Waals surface area contributed by atoms with E-state index in [-0.39, 0.29) is 17.3 Å². The summed E-state index contributed by atoms with van der Waals surface area (Å²) in [5.41, 5.74) is 2.69. The number of amides is 1. The summed E-state index contributed by atoms with van der Waals surface area (Å²) in [6.07, 6.45) is 1.83. The quantitative estimate of drug-likeness (QED) is 0.850. The van der Waals surface area contributed by atoms with E-state index in [1.54, 1.807) is 0 Å². The van der Waals surface area contributed by atoms with Crippen molar-refractivity contribution in [1.29, 1.82) is 0 Å². The molecule has 5 nitrogen and oxygen atoms in total. The molecule has 2 aromatic carbocycles. The summed E-state index contributed by atoms with van der Waals surface area (Å²) in [5, 5.41) is 2.93. The molecule has 0 aliphatic carbocycles. The maximum absolute atomic E-state index is 13.1. The van der Waals surface area contributed by atoms with Gasteiger partial charge in [-0.25, -0.2) is 12.8 Å².